The van der Waals surface area contributed by atoms with Crippen molar-refractivity contribution in [3.8, 4) is 11.8 Å². The van der Waals surface area contributed by atoms with E-state index in [1.807, 2.05) is 12.1 Å². The van der Waals surface area contributed by atoms with Crippen LogP contribution in [0.5, 0.6) is 5.75 Å². The van der Waals surface area contributed by atoms with Crippen molar-refractivity contribution in [2.24, 2.45) is 11.8 Å². The molecule has 2 amide bonds. The minimum absolute atomic E-state index is 0.0150. The van der Waals surface area contributed by atoms with Gasteiger partial charge in [-0.2, -0.15) is 5.26 Å². The molecule has 3 rings (SSSR count). The summed E-state index contributed by atoms with van der Waals surface area (Å²) in [5.74, 6) is 0.396. The predicted octanol–water partition coefficient (Wildman–Crippen LogP) is 3.95. The fraction of sp³-hybridized carbons (Fsp3) is 0.318. The molecule has 1 saturated carbocycles. The molecule has 0 saturated heterocycles. The molecule has 0 atom stereocenters. The van der Waals surface area contributed by atoms with E-state index in [2.05, 4.69) is 16.7 Å². The largest absolute Gasteiger partial charge is 0.497 e. The Labute approximate surface area is 164 Å². The molecule has 6 heteroatoms. The number of carbonyl (C=O) groups excluding carboxylic acids is 2. The van der Waals surface area contributed by atoms with Gasteiger partial charge >= 0.3 is 0 Å². The van der Waals surface area contributed by atoms with E-state index in [4.69, 9.17) is 10.00 Å². The lowest BCUT2D eigenvalue weighted by atomic mass is 9.81. The Hall–Kier alpha value is -3.33. The molecule has 0 aromatic heterocycles. The van der Waals surface area contributed by atoms with Gasteiger partial charge in [0.1, 0.15) is 11.8 Å². The summed E-state index contributed by atoms with van der Waals surface area (Å²) in [6.45, 7) is 0. The molecule has 6 nitrogen and oxygen atoms in total. The zero-order valence-corrected chi connectivity index (χ0v) is 15.8. The van der Waals surface area contributed by atoms with Gasteiger partial charge < -0.3 is 15.4 Å². The Morgan fingerprint density at radius 1 is 0.929 bits per heavy atom. The SMILES string of the molecule is COc1ccc(NC(=O)C2CCC(C(=O)Nc3ccccc3C#N)CC2)cc1. The van der Waals surface area contributed by atoms with Gasteiger partial charge in [0.15, 0.2) is 0 Å². The Bertz CT molecular complexity index is 879. The number of hydrogen-bond donors (Lipinski definition) is 2. The molecule has 2 N–H and O–H groups in total. The highest BCUT2D eigenvalue weighted by molar-refractivity contribution is 5.95. The monoisotopic (exact) mass is 377 g/mol. The van der Waals surface area contributed by atoms with Gasteiger partial charge in [0.05, 0.1) is 18.4 Å². The number of nitriles is 1. The van der Waals surface area contributed by atoms with Crippen molar-refractivity contribution >= 4 is 23.2 Å². The zero-order chi connectivity index (χ0) is 19.9. The van der Waals surface area contributed by atoms with E-state index >= 15 is 0 Å². The first kappa shape index (κ1) is 19.4. The Morgan fingerprint density at radius 2 is 1.50 bits per heavy atom. The van der Waals surface area contributed by atoms with Crippen LogP contribution >= 0.6 is 0 Å². The summed E-state index contributed by atoms with van der Waals surface area (Å²) in [4.78, 5) is 25.0. The standard InChI is InChI=1S/C22H23N3O3/c1-28-19-12-10-18(11-13-19)24-21(26)15-6-8-16(9-7-15)22(27)25-20-5-3-2-4-17(20)14-23/h2-5,10-13,15-16H,6-9H2,1H3,(H,24,26)(H,25,27). The molecule has 2 aromatic carbocycles. The van der Waals surface area contributed by atoms with Crippen molar-refractivity contribution in [3.05, 3.63) is 54.1 Å². The maximum atomic E-state index is 12.5. The number of hydrogen-bond acceptors (Lipinski definition) is 4. The van der Waals surface area contributed by atoms with Gasteiger partial charge in [-0.1, -0.05) is 12.1 Å². The number of para-hydroxylation sites is 1. The summed E-state index contributed by atoms with van der Waals surface area (Å²) >= 11 is 0. The van der Waals surface area contributed by atoms with Gasteiger partial charge in [-0.15, -0.1) is 0 Å². The normalized spacial score (nSPS) is 18.6. The third kappa shape index (κ3) is 4.68. The predicted molar refractivity (Wildman–Crippen MR) is 107 cm³/mol. The third-order valence-electron chi connectivity index (χ3n) is 5.13. The molecule has 0 unspecified atom stereocenters. The average molecular weight is 377 g/mol. The molecule has 1 fully saturated rings. The molecule has 0 radical (unpaired) electrons. The number of nitrogens with zero attached hydrogens (tertiary/aromatic N) is 1. The van der Waals surface area contributed by atoms with Gasteiger partial charge in [0.2, 0.25) is 11.8 Å². The summed E-state index contributed by atoms with van der Waals surface area (Å²) in [6.07, 6.45) is 2.64. The number of methoxy groups -OCH3 is 1. The lowest BCUT2D eigenvalue weighted by Crippen LogP contribution is -2.32. The van der Waals surface area contributed by atoms with E-state index in [0.29, 0.717) is 36.9 Å². The number of rotatable bonds is 5. The summed E-state index contributed by atoms with van der Waals surface area (Å²) in [5.41, 5.74) is 1.72. The molecule has 0 bridgehead atoms. The van der Waals surface area contributed by atoms with Gasteiger partial charge in [0, 0.05) is 17.5 Å². The van der Waals surface area contributed by atoms with Crippen molar-refractivity contribution in [2.45, 2.75) is 25.7 Å². The topological polar surface area (TPSA) is 91.2 Å². The van der Waals surface area contributed by atoms with E-state index in [1.165, 1.54) is 0 Å². The number of amides is 2. The van der Waals surface area contributed by atoms with E-state index in [0.717, 1.165) is 11.4 Å². The summed E-state index contributed by atoms with van der Waals surface area (Å²) in [6, 6.07) is 16.3. The minimum atomic E-state index is -0.142. The highest BCUT2D eigenvalue weighted by Crippen LogP contribution is 2.31. The second kappa shape index (κ2) is 9.05. The van der Waals surface area contributed by atoms with E-state index in [1.54, 1.807) is 43.5 Å². The van der Waals surface area contributed by atoms with Crippen molar-refractivity contribution in [3.63, 3.8) is 0 Å². The van der Waals surface area contributed by atoms with E-state index < -0.39 is 0 Å². The van der Waals surface area contributed by atoms with Gasteiger partial charge in [-0.3, -0.25) is 9.59 Å². The average Bonchev–Trinajstić information content (AvgIpc) is 2.74. The zero-order valence-electron chi connectivity index (χ0n) is 15.8. The fourth-order valence-corrected chi connectivity index (χ4v) is 3.46. The first-order valence-corrected chi connectivity index (χ1v) is 9.35. The Morgan fingerprint density at radius 3 is 2.07 bits per heavy atom. The van der Waals surface area contributed by atoms with Crippen LogP contribution < -0.4 is 15.4 Å². The van der Waals surface area contributed by atoms with Crippen LogP contribution in [0.1, 0.15) is 31.2 Å². The van der Waals surface area contributed by atoms with Gasteiger partial charge in [0.25, 0.3) is 0 Å². The van der Waals surface area contributed by atoms with Gasteiger partial charge in [-0.05, 0) is 62.1 Å². The van der Waals surface area contributed by atoms with Crippen LogP contribution in [0.2, 0.25) is 0 Å². The summed E-state index contributed by atoms with van der Waals surface area (Å²) < 4.78 is 5.11. The molecule has 28 heavy (non-hydrogen) atoms. The third-order valence-corrected chi connectivity index (χ3v) is 5.13. The maximum Gasteiger partial charge on any atom is 0.227 e. The molecule has 144 valence electrons. The smallest absolute Gasteiger partial charge is 0.227 e. The number of benzene rings is 2. The molecular formula is C22H23N3O3. The molecule has 1 aliphatic carbocycles. The molecule has 0 spiro atoms. The van der Waals surface area contributed by atoms with Gasteiger partial charge in [-0.25, -0.2) is 0 Å². The van der Waals surface area contributed by atoms with Crippen LogP contribution in [-0.2, 0) is 9.59 Å². The Balaban J connectivity index is 1.51. The van der Waals surface area contributed by atoms with Crippen molar-refractivity contribution in [1.82, 2.24) is 0 Å². The lowest BCUT2D eigenvalue weighted by molar-refractivity contribution is -0.125. The summed E-state index contributed by atoms with van der Waals surface area (Å²) in [7, 11) is 1.60. The van der Waals surface area contributed by atoms with Crippen LogP contribution in [0.3, 0.4) is 0 Å². The molecule has 2 aromatic rings. The molecular weight excluding hydrogens is 354 g/mol. The summed E-state index contributed by atoms with van der Waals surface area (Å²) in [5, 5.41) is 14.9. The highest BCUT2D eigenvalue weighted by Gasteiger charge is 2.30. The highest BCUT2D eigenvalue weighted by atomic mass is 16.5. The van der Waals surface area contributed by atoms with Crippen molar-refractivity contribution in [1.29, 1.82) is 5.26 Å². The van der Waals surface area contributed by atoms with Crippen LogP contribution in [0.25, 0.3) is 0 Å². The molecule has 1 aliphatic rings. The number of ether oxygens (including phenoxy) is 1. The lowest BCUT2D eigenvalue weighted by Gasteiger charge is -2.27. The van der Waals surface area contributed by atoms with Crippen LogP contribution in [0, 0.1) is 23.2 Å². The van der Waals surface area contributed by atoms with E-state index in [-0.39, 0.29) is 23.7 Å². The minimum Gasteiger partial charge on any atom is -0.497 e. The maximum absolute atomic E-state index is 12.5. The first-order valence-electron chi connectivity index (χ1n) is 9.35. The second-order valence-electron chi connectivity index (χ2n) is 6.91. The van der Waals surface area contributed by atoms with E-state index in [9.17, 15) is 9.59 Å². The van der Waals surface area contributed by atoms with Crippen molar-refractivity contribution in [2.75, 3.05) is 17.7 Å². The Kier molecular flexibility index (Phi) is 6.28. The van der Waals surface area contributed by atoms with Crippen LogP contribution in [-0.4, -0.2) is 18.9 Å². The number of nitrogens with one attached hydrogen (secondary N) is 2. The second-order valence-corrected chi connectivity index (χ2v) is 6.91. The molecule has 0 aliphatic heterocycles. The quantitative estimate of drug-likeness (QED) is 0.825. The number of carbonyl (C=O) groups is 2. The van der Waals surface area contributed by atoms with Crippen LogP contribution in [0.15, 0.2) is 48.5 Å². The van der Waals surface area contributed by atoms with Crippen molar-refractivity contribution < 1.29 is 14.3 Å². The fourth-order valence-electron chi connectivity index (χ4n) is 3.46. The first-order chi connectivity index (χ1) is 13.6. The molecule has 0 heterocycles. The number of anilines is 2. The van der Waals surface area contributed by atoms with Crippen LogP contribution in [0.4, 0.5) is 11.4 Å².